The van der Waals surface area contributed by atoms with Crippen molar-refractivity contribution in [3.63, 3.8) is 0 Å². The van der Waals surface area contributed by atoms with Gasteiger partial charge in [0.15, 0.2) is 0 Å². The number of carbonyl (C=O) groups excluding carboxylic acids is 1. The van der Waals surface area contributed by atoms with Crippen molar-refractivity contribution in [3.05, 3.63) is 10.6 Å². The Morgan fingerprint density at radius 2 is 2.15 bits per heavy atom. The Hall–Kier alpha value is -1.09. The Kier molecular flexibility index (Phi) is 5.67. The summed E-state index contributed by atoms with van der Waals surface area (Å²) >= 11 is 1.60. The molecular weight excluding hydrogens is 354 g/mol. The largest absolute Gasteiger partial charge is 0.477 e. The van der Waals surface area contributed by atoms with Gasteiger partial charge in [0.05, 0.1) is 18.1 Å². The molecule has 3 aliphatic rings. The third-order valence-electron chi connectivity index (χ3n) is 5.92. The van der Waals surface area contributed by atoms with Gasteiger partial charge in [-0.05, 0) is 33.7 Å². The number of nitrogens with zero attached hydrogens (tertiary/aromatic N) is 1. The number of thioether (sulfide) groups is 1. The molecule has 146 valence electrons. The van der Waals surface area contributed by atoms with Crippen molar-refractivity contribution < 1.29 is 19.8 Å². The molecule has 1 amide bonds. The van der Waals surface area contributed by atoms with E-state index in [4.69, 9.17) is 0 Å². The molecule has 3 aliphatic heterocycles. The molecule has 3 rings (SSSR count). The summed E-state index contributed by atoms with van der Waals surface area (Å²) in [5.41, 5.74) is 0.126. The maximum atomic E-state index is 12.4. The zero-order valence-electron chi connectivity index (χ0n) is 15.7. The minimum atomic E-state index is -1.05. The minimum Gasteiger partial charge on any atom is -0.477 e. The number of aliphatic hydroxyl groups is 1. The van der Waals surface area contributed by atoms with Gasteiger partial charge in [0.2, 0.25) is 5.91 Å². The Morgan fingerprint density at radius 1 is 1.46 bits per heavy atom. The number of amides is 1. The molecule has 0 saturated carbocycles. The van der Waals surface area contributed by atoms with Crippen LogP contribution < -0.4 is 10.6 Å². The monoisotopic (exact) mass is 383 g/mol. The highest BCUT2D eigenvalue weighted by atomic mass is 32.2. The van der Waals surface area contributed by atoms with Crippen molar-refractivity contribution in [2.24, 2.45) is 11.8 Å². The summed E-state index contributed by atoms with van der Waals surface area (Å²) in [7, 11) is 1.95. The fourth-order valence-electron chi connectivity index (χ4n) is 4.45. The zero-order chi connectivity index (χ0) is 19.2. The molecule has 0 aromatic heterocycles. The first kappa shape index (κ1) is 19.7. The second-order valence-corrected chi connectivity index (χ2v) is 9.12. The molecule has 0 aliphatic carbocycles. The van der Waals surface area contributed by atoms with Crippen molar-refractivity contribution >= 4 is 23.6 Å². The lowest BCUT2D eigenvalue weighted by Crippen LogP contribution is -2.63. The normalized spacial score (nSPS) is 36.1. The van der Waals surface area contributed by atoms with Crippen molar-refractivity contribution in [2.45, 2.75) is 63.1 Å². The van der Waals surface area contributed by atoms with Gasteiger partial charge in [-0.15, -0.1) is 11.8 Å². The summed E-state index contributed by atoms with van der Waals surface area (Å²) < 4.78 is 0. The number of aliphatic carboxylic acids is 1. The van der Waals surface area contributed by atoms with Gasteiger partial charge in [-0.25, -0.2) is 4.79 Å². The lowest BCUT2D eigenvalue weighted by Gasteiger charge is -2.46. The highest BCUT2D eigenvalue weighted by Gasteiger charge is 2.60. The molecule has 2 fully saturated rings. The van der Waals surface area contributed by atoms with E-state index >= 15 is 0 Å². The molecule has 0 aromatic rings. The number of nitrogens with one attached hydrogen (secondary N) is 2. The van der Waals surface area contributed by atoms with Crippen molar-refractivity contribution in [3.8, 4) is 0 Å². The number of rotatable bonds is 7. The van der Waals surface area contributed by atoms with Crippen LogP contribution in [0.15, 0.2) is 10.6 Å². The highest BCUT2D eigenvalue weighted by Crippen LogP contribution is 2.51. The number of carboxylic acids is 1. The molecule has 0 spiro atoms. The number of carbonyl (C=O) groups is 2. The summed E-state index contributed by atoms with van der Waals surface area (Å²) in [5.74, 6) is -1.87. The molecule has 8 heteroatoms. The number of hydrogen-bond acceptors (Lipinski definition) is 6. The molecule has 26 heavy (non-hydrogen) atoms. The van der Waals surface area contributed by atoms with Crippen LogP contribution in [0, 0.1) is 11.8 Å². The van der Waals surface area contributed by atoms with Gasteiger partial charge in [0.25, 0.3) is 0 Å². The predicted molar refractivity (Wildman–Crippen MR) is 101 cm³/mol. The summed E-state index contributed by atoms with van der Waals surface area (Å²) in [6.07, 6.45) is 1.26. The second kappa shape index (κ2) is 7.50. The highest BCUT2D eigenvalue weighted by molar-refractivity contribution is 8.03. The standard InChI is InChI=1S/C18H29N3O4S/c1-8(19-4)5-11-6-12(7-20-11)26-16-9(2)14-13(10(3)22)17(23)21(14)15(16)18(24)25/h8-14,19-20,22H,5-7H2,1-4H3,(H,24,25)/t8?,9-,10-,11-,12+,13-,14-/m1/s1. The number of carboxylic acid groups (broad SMARTS) is 1. The first-order valence-corrected chi connectivity index (χ1v) is 10.2. The van der Waals surface area contributed by atoms with E-state index in [0.29, 0.717) is 17.3 Å². The second-order valence-electron chi connectivity index (χ2n) is 7.78. The van der Waals surface area contributed by atoms with Crippen LogP contribution in [0.25, 0.3) is 0 Å². The van der Waals surface area contributed by atoms with Crippen LogP contribution in [0.5, 0.6) is 0 Å². The lowest BCUT2D eigenvalue weighted by atomic mass is 9.79. The van der Waals surface area contributed by atoms with E-state index in [2.05, 4.69) is 17.6 Å². The van der Waals surface area contributed by atoms with Gasteiger partial charge in [-0.3, -0.25) is 4.79 Å². The van der Waals surface area contributed by atoms with Gasteiger partial charge in [0, 0.05) is 34.7 Å². The van der Waals surface area contributed by atoms with Crippen molar-refractivity contribution in [1.82, 2.24) is 15.5 Å². The molecule has 0 aromatic carbocycles. The van der Waals surface area contributed by atoms with E-state index in [1.807, 2.05) is 14.0 Å². The Labute approximate surface area is 158 Å². The van der Waals surface area contributed by atoms with Crippen molar-refractivity contribution in [1.29, 1.82) is 0 Å². The molecule has 0 radical (unpaired) electrons. The van der Waals surface area contributed by atoms with Gasteiger partial charge in [0.1, 0.15) is 5.70 Å². The molecule has 3 heterocycles. The zero-order valence-corrected chi connectivity index (χ0v) is 16.5. The van der Waals surface area contributed by atoms with Gasteiger partial charge >= 0.3 is 5.97 Å². The maximum Gasteiger partial charge on any atom is 0.353 e. The van der Waals surface area contributed by atoms with E-state index in [-0.39, 0.29) is 23.6 Å². The Bertz CT molecular complexity index is 624. The topological polar surface area (TPSA) is 102 Å². The van der Waals surface area contributed by atoms with E-state index in [9.17, 15) is 19.8 Å². The SMILES string of the molecule is CNC(C)C[C@@H]1C[C@H](SC2=C(C(=O)O)N3C(=O)[C@H]([C@@H](C)O)[C@H]3[C@H]2C)CN1. The van der Waals surface area contributed by atoms with E-state index in [1.165, 1.54) is 4.90 Å². The van der Waals surface area contributed by atoms with Gasteiger partial charge in [-0.2, -0.15) is 0 Å². The Morgan fingerprint density at radius 3 is 2.73 bits per heavy atom. The van der Waals surface area contributed by atoms with Crippen LogP contribution in [0.1, 0.15) is 33.6 Å². The maximum absolute atomic E-state index is 12.4. The lowest BCUT2D eigenvalue weighted by molar-refractivity contribution is -0.163. The first-order chi connectivity index (χ1) is 12.3. The van der Waals surface area contributed by atoms with Crippen LogP contribution in [0.4, 0.5) is 0 Å². The molecule has 7 atom stereocenters. The van der Waals surface area contributed by atoms with Crippen LogP contribution >= 0.6 is 11.8 Å². The first-order valence-electron chi connectivity index (χ1n) is 9.32. The number of fused-ring (bicyclic) bond motifs is 1. The summed E-state index contributed by atoms with van der Waals surface area (Å²) in [6, 6.07) is 0.622. The Balaban J connectivity index is 1.73. The third kappa shape index (κ3) is 3.28. The molecule has 2 saturated heterocycles. The number of β-lactam (4-membered cyclic amide) rings is 1. The minimum absolute atomic E-state index is 0.0568. The summed E-state index contributed by atoms with van der Waals surface area (Å²) in [4.78, 5) is 26.4. The van der Waals surface area contributed by atoms with Crippen LogP contribution in [0.2, 0.25) is 0 Å². The molecular formula is C18H29N3O4S. The van der Waals surface area contributed by atoms with E-state index in [1.54, 1.807) is 18.7 Å². The molecule has 7 nitrogen and oxygen atoms in total. The molecule has 4 N–H and O–H groups in total. The third-order valence-corrected chi connectivity index (χ3v) is 7.43. The van der Waals surface area contributed by atoms with Gasteiger partial charge < -0.3 is 25.7 Å². The van der Waals surface area contributed by atoms with Crippen molar-refractivity contribution in [2.75, 3.05) is 13.6 Å². The fraction of sp³-hybridized carbons (Fsp3) is 0.778. The van der Waals surface area contributed by atoms with Crippen LogP contribution in [-0.2, 0) is 9.59 Å². The molecule has 1 unspecified atom stereocenters. The predicted octanol–water partition coefficient (Wildman–Crippen LogP) is 0.602. The summed E-state index contributed by atoms with van der Waals surface area (Å²) in [6.45, 7) is 6.57. The van der Waals surface area contributed by atoms with E-state index in [0.717, 1.165) is 24.3 Å². The average Bonchev–Trinajstić information content (AvgIpc) is 3.09. The van der Waals surface area contributed by atoms with Gasteiger partial charge in [-0.1, -0.05) is 6.92 Å². The fourth-order valence-corrected chi connectivity index (χ4v) is 5.97. The smallest absolute Gasteiger partial charge is 0.353 e. The number of aliphatic hydroxyl groups excluding tert-OH is 1. The van der Waals surface area contributed by atoms with E-state index < -0.39 is 18.0 Å². The van der Waals surface area contributed by atoms with Crippen LogP contribution in [0.3, 0.4) is 0 Å². The quantitative estimate of drug-likeness (QED) is 0.478. The average molecular weight is 384 g/mol. The van der Waals surface area contributed by atoms with Crippen LogP contribution in [-0.4, -0.2) is 70.1 Å². The molecule has 0 bridgehead atoms. The summed E-state index contributed by atoms with van der Waals surface area (Å²) in [5, 5.41) is 26.7. The number of hydrogen-bond donors (Lipinski definition) is 4.